The average Bonchev–Trinajstić information content (AvgIpc) is 3.37. The Hall–Kier alpha value is -2.82. The first-order chi connectivity index (χ1) is 12.5. The molecule has 0 atom stereocenters. The summed E-state index contributed by atoms with van der Waals surface area (Å²) in [7, 11) is 0. The number of nitrogens with one attached hydrogen (secondary N) is 1. The predicted molar refractivity (Wildman–Crippen MR) is 101 cm³/mol. The average molecular weight is 350 g/mol. The number of benzene rings is 1. The minimum absolute atomic E-state index is 0.168. The molecule has 0 aliphatic heterocycles. The first-order valence-electron chi connectivity index (χ1n) is 9.02. The molecule has 1 saturated carbocycles. The van der Waals surface area contributed by atoms with E-state index in [0.29, 0.717) is 17.7 Å². The first kappa shape index (κ1) is 16.6. The van der Waals surface area contributed by atoms with Gasteiger partial charge in [-0.2, -0.15) is 0 Å². The standard InChI is InChI=1S/C21H22N2O3/c1-4-26-21(25)16-10-23-11-17(15-6-5-12(2)13(3)9-15)22-20(24)19(23)18(16)14-7-8-14/h5-6,9-11,14H,4,7-8H2,1-3H3,(H,22,24). The number of fused-ring (bicyclic) bond motifs is 1. The zero-order valence-corrected chi connectivity index (χ0v) is 15.3. The van der Waals surface area contributed by atoms with Crippen LogP contribution in [0, 0.1) is 13.8 Å². The summed E-state index contributed by atoms with van der Waals surface area (Å²) in [6, 6.07) is 6.10. The van der Waals surface area contributed by atoms with Gasteiger partial charge in [0.25, 0.3) is 5.56 Å². The molecule has 5 heteroatoms. The molecule has 1 aliphatic rings. The van der Waals surface area contributed by atoms with E-state index in [4.69, 9.17) is 4.74 Å². The molecule has 4 rings (SSSR count). The molecule has 1 aromatic carbocycles. The molecule has 3 aromatic rings. The van der Waals surface area contributed by atoms with Gasteiger partial charge in [0.1, 0.15) is 5.52 Å². The summed E-state index contributed by atoms with van der Waals surface area (Å²) in [5.74, 6) is -0.0850. The Balaban J connectivity index is 1.91. The van der Waals surface area contributed by atoms with Gasteiger partial charge in [-0.25, -0.2) is 4.79 Å². The molecule has 1 N–H and O–H groups in total. The van der Waals surface area contributed by atoms with E-state index < -0.39 is 0 Å². The number of ether oxygens (including phenoxy) is 1. The lowest BCUT2D eigenvalue weighted by molar-refractivity contribution is 0.0525. The fourth-order valence-electron chi connectivity index (χ4n) is 3.45. The van der Waals surface area contributed by atoms with Crippen LogP contribution in [0.5, 0.6) is 0 Å². The van der Waals surface area contributed by atoms with Crippen LogP contribution in [0.1, 0.15) is 52.7 Å². The molecule has 0 radical (unpaired) electrons. The Morgan fingerprint density at radius 1 is 1.23 bits per heavy atom. The summed E-state index contributed by atoms with van der Waals surface area (Å²) in [6.07, 6.45) is 5.63. The minimum atomic E-state index is -0.356. The number of H-pyrrole nitrogens is 1. The lowest BCUT2D eigenvalue weighted by Gasteiger charge is -2.07. The minimum Gasteiger partial charge on any atom is -0.462 e. The van der Waals surface area contributed by atoms with Crippen LogP contribution in [0.15, 0.2) is 35.4 Å². The van der Waals surface area contributed by atoms with Gasteiger partial charge in [-0.15, -0.1) is 0 Å². The van der Waals surface area contributed by atoms with Crippen LogP contribution in [0.3, 0.4) is 0 Å². The number of carbonyl (C=O) groups excluding carboxylic acids is 1. The number of aromatic amines is 1. The fraction of sp³-hybridized carbons (Fsp3) is 0.333. The molecule has 2 heterocycles. The highest BCUT2D eigenvalue weighted by Gasteiger charge is 2.33. The molecule has 0 spiro atoms. The smallest absolute Gasteiger partial charge is 0.339 e. The SMILES string of the molecule is CCOC(=O)c1cn2cc(-c3ccc(C)c(C)c3)[nH]c(=O)c2c1C1CC1. The lowest BCUT2D eigenvalue weighted by atomic mass is 10.0. The third-order valence-corrected chi connectivity index (χ3v) is 5.10. The molecule has 0 saturated heterocycles. The third kappa shape index (κ3) is 2.73. The number of hydrogen-bond acceptors (Lipinski definition) is 3. The Kier molecular flexibility index (Phi) is 3.94. The van der Waals surface area contributed by atoms with Crippen LogP contribution in [-0.4, -0.2) is 22.0 Å². The molecule has 0 amide bonds. The maximum Gasteiger partial charge on any atom is 0.339 e. The van der Waals surface area contributed by atoms with E-state index in [1.165, 1.54) is 11.1 Å². The van der Waals surface area contributed by atoms with E-state index in [1.807, 2.05) is 18.3 Å². The van der Waals surface area contributed by atoms with Crippen molar-refractivity contribution in [1.82, 2.24) is 9.38 Å². The van der Waals surface area contributed by atoms with Crippen molar-refractivity contribution < 1.29 is 9.53 Å². The topological polar surface area (TPSA) is 63.6 Å². The quantitative estimate of drug-likeness (QED) is 0.724. The van der Waals surface area contributed by atoms with Gasteiger partial charge in [0, 0.05) is 18.0 Å². The number of rotatable bonds is 4. The van der Waals surface area contributed by atoms with Crippen LogP contribution in [-0.2, 0) is 4.74 Å². The van der Waals surface area contributed by atoms with Crippen molar-refractivity contribution in [2.45, 2.75) is 39.5 Å². The summed E-state index contributed by atoms with van der Waals surface area (Å²) < 4.78 is 6.98. The number of carbonyl (C=O) groups is 1. The van der Waals surface area contributed by atoms with Crippen molar-refractivity contribution in [3.63, 3.8) is 0 Å². The first-order valence-corrected chi connectivity index (χ1v) is 9.02. The van der Waals surface area contributed by atoms with Crippen LogP contribution < -0.4 is 5.56 Å². The van der Waals surface area contributed by atoms with Crippen LogP contribution in [0.4, 0.5) is 0 Å². The molecular weight excluding hydrogens is 328 g/mol. The van der Waals surface area contributed by atoms with E-state index in [9.17, 15) is 9.59 Å². The maximum absolute atomic E-state index is 12.8. The van der Waals surface area contributed by atoms with Crippen molar-refractivity contribution in [3.8, 4) is 11.3 Å². The highest BCUT2D eigenvalue weighted by Crippen LogP contribution is 2.44. The number of esters is 1. The summed E-state index contributed by atoms with van der Waals surface area (Å²) in [6.45, 7) is 6.22. The van der Waals surface area contributed by atoms with Gasteiger partial charge >= 0.3 is 5.97 Å². The molecule has 134 valence electrons. The van der Waals surface area contributed by atoms with Crippen LogP contribution in [0.2, 0.25) is 0 Å². The van der Waals surface area contributed by atoms with Crippen LogP contribution >= 0.6 is 0 Å². The number of aromatic nitrogens is 2. The molecule has 1 aliphatic carbocycles. The lowest BCUT2D eigenvalue weighted by Crippen LogP contribution is -2.12. The number of nitrogens with zero attached hydrogens (tertiary/aromatic N) is 1. The van der Waals surface area contributed by atoms with E-state index in [-0.39, 0.29) is 17.4 Å². The maximum atomic E-state index is 12.8. The highest BCUT2D eigenvalue weighted by atomic mass is 16.5. The Morgan fingerprint density at radius 3 is 2.65 bits per heavy atom. The molecule has 5 nitrogen and oxygen atoms in total. The zero-order chi connectivity index (χ0) is 18.4. The normalized spacial score (nSPS) is 14.0. The van der Waals surface area contributed by atoms with Gasteiger partial charge < -0.3 is 14.1 Å². The van der Waals surface area contributed by atoms with Crippen molar-refractivity contribution in [1.29, 1.82) is 0 Å². The van der Waals surface area contributed by atoms with Gasteiger partial charge in [-0.3, -0.25) is 4.79 Å². The fourth-order valence-corrected chi connectivity index (χ4v) is 3.45. The van der Waals surface area contributed by atoms with E-state index in [2.05, 4.69) is 24.9 Å². The molecule has 1 fully saturated rings. The zero-order valence-electron chi connectivity index (χ0n) is 15.3. The van der Waals surface area contributed by atoms with Gasteiger partial charge in [0.2, 0.25) is 0 Å². The van der Waals surface area contributed by atoms with Gasteiger partial charge in [-0.1, -0.05) is 12.1 Å². The number of aryl methyl sites for hydroxylation is 2. The van der Waals surface area contributed by atoms with Crippen molar-refractivity contribution in [2.75, 3.05) is 6.61 Å². The second-order valence-electron chi connectivity index (χ2n) is 7.00. The molecule has 26 heavy (non-hydrogen) atoms. The van der Waals surface area contributed by atoms with Gasteiger partial charge in [0.15, 0.2) is 0 Å². The van der Waals surface area contributed by atoms with Gasteiger partial charge in [0.05, 0.1) is 17.9 Å². The van der Waals surface area contributed by atoms with E-state index in [0.717, 1.165) is 29.7 Å². The summed E-state index contributed by atoms with van der Waals surface area (Å²) in [5.41, 5.74) is 5.79. The van der Waals surface area contributed by atoms with E-state index >= 15 is 0 Å². The van der Waals surface area contributed by atoms with Crippen LogP contribution in [0.25, 0.3) is 16.8 Å². The third-order valence-electron chi connectivity index (χ3n) is 5.10. The van der Waals surface area contributed by atoms with E-state index in [1.54, 1.807) is 17.5 Å². The number of hydrogen-bond donors (Lipinski definition) is 1. The second-order valence-corrected chi connectivity index (χ2v) is 7.00. The second kappa shape index (κ2) is 6.16. The summed E-state index contributed by atoms with van der Waals surface area (Å²) in [4.78, 5) is 28.2. The Labute approximate surface area is 151 Å². The highest BCUT2D eigenvalue weighted by molar-refractivity contribution is 5.94. The van der Waals surface area contributed by atoms with Gasteiger partial charge in [-0.05, 0) is 62.3 Å². The summed E-state index contributed by atoms with van der Waals surface area (Å²) in [5, 5.41) is 0. The summed E-state index contributed by atoms with van der Waals surface area (Å²) >= 11 is 0. The monoisotopic (exact) mass is 350 g/mol. The van der Waals surface area contributed by atoms with Crippen molar-refractivity contribution in [2.24, 2.45) is 0 Å². The molecule has 0 bridgehead atoms. The Bertz CT molecular complexity index is 1070. The molecule has 2 aromatic heterocycles. The molecular formula is C21H22N2O3. The largest absolute Gasteiger partial charge is 0.462 e. The Morgan fingerprint density at radius 2 is 2.00 bits per heavy atom. The molecule has 0 unspecified atom stereocenters. The van der Waals surface area contributed by atoms with Crippen molar-refractivity contribution >= 4 is 11.5 Å². The van der Waals surface area contributed by atoms with Crippen molar-refractivity contribution in [3.05, 3.63) is 63.2 Å². The predicted octanol–water partition coefficient (Wildman–Crippen LogP) is 3.97.